The van der Waals surface area contributed by atoms with Crippen LogP contribution in [0.3, 0.4) is 0 Å². The number of carbonyl (C=O) groups excluding carboxylic acids is 2. The fraction of sp³-hybridized carbons (Fsp3) is 0.267. The highest BCUT2D eigenvalue weighted by Crippen LogP contribution is 2.22. The average molecular weight is 301 g/mol. The van der Waals surface area contributed by atoms with Crippen molar-refractivity contribution in [3.05, 3.63) is 46.0 Å². The largest absolute Gasteiger partial charge is 0.340 e. The van der Waals surface area contributed by atoms with Gasteiger partial charge in [-0.3, -0.25) is 9.59 Å². The number of nitrogens with zero attached hydrogens (tertiary/aromatic N) is 1. The van der Waals surface area contributed by atoms with Crippen LogP contribution in [0.25, 0.3) is 0 Å². The number of carbonyl (C=O) groups is 2. The van der Waals surface area contributed by atoms with E-state index in [0.717, 1.165) is 16.1 Å². The zero-order valence-corrected chi connectivity index (χ0v) is 12.6. The Morgan fingerprint density at radius 3 is 2.86 bits per heavy atom. The number of anilines is 1. The first-order valence-electron chi connectivity index (χ1n) is 6.68. The number of benzene rings is 1. The molecule has 2 N–H and O–H groups in total. The smallest absolute Gasteiger partial charge is 0.252 e. The number of aromatic nitrogens is 1. The van der Waals surface area contributed by atoms with E-state index in [1.54, 1.807) is 6.07 Å². The van der Waals surface area contributed by atoms with Crippen LogP contribution in [0.5, 0.6) is 0 Å². The molecule has 5 nitrogen and oxygen atoms in total. The first kappa shape index (κ1) is 13.8. The third-order valence-corrected chi connectivity index (χ3v) is 4.55. The van der Waals surface area contributed by atoms with Gasteiger partial charge in [-0.05, 0) is 25.5 Å². The molecule has 0 spiro atoms. The number of hydrogen-bond acceptors (Lipinski definition) is 4. The highest BCUT2D eigenvalue weighted by atomic mass is 32.1. The maximum atomic E-state index is 12.3. The van der Waals surface area contributed by atoms with E-state index in [1.807, 2.05) is 32.0 Å². The van der Waals surface area contributed by atoms with Crippen molar-refractivity contribution in [2.24, 2.45) is 0 Å². The minimum Gasteiger partial charge on any atom is -0.340 e. The van der Waals surface area contributed by atoms with Crippen LogP contribution >= 0.6 is 11.3 Å². The Balaban J connectivity index is 1.76. The molecular weight excluding hydrogens is 286 g/mol. The fourth-order valence-corrected chi connectivity index (χ4v) is 3.12. The van der Waals surface area contributed by atoms with Crippen molar-refractivity contribution in [2.75, 3.05) is 5.32 Å². The molecule has 0 saturated carbocycles. The van der Waals surface area contributed by atoms with E-state index in [0.29, 0.717) is 17.1 Å². The van der Waals surface area contributed by atoms with Gasteiger partial charge in [-0.25, -0.2) is 4.98 Å². The van der Waals surface area contributed by atoms with Crippen molar-refractivity contribution in [3.8, 4) is 0 Å². The highest BCUT2D eigenvalue weighted by molar-refractivity contribution is 7.15. The minimum absolute atomic E-state index is 0.205. The van der Waals surface area contributed by atoms with Gasteiger partial charge in [0.25, 0.3) is 5.91 Å². The number of hydrogen-bond donors (Lipinski definition) is 2. The Morgan fingerprint density at radius 2 is 2.14 bits per heavy atom. The molecule has 2 amide bonds. The minimum atomic E-state index is -0.558. The van der Waals surface area contributed by atoms with Gasteiger partial charge < -0.3 is 10.6 Å². The van der Waals surface area contributed by atoms with E-state index >= 15 is 0 Å². The second-order valence-electron chi connectivity index (χ2n) is 5.04. The molecule has 0 radical (unpaired) electrons. The van der Waals surface area contributed by atoms with E-state index in [4.69, 9.17) is 0 Å². The van der Waals surface area contributed by atoms with Crippen molar-refractivity contribution in [3.63, 3.8) is 0 Å². The van der Waals surface area contributed by atoms with Gasteiger partial charge >= 0.3 is 0 Å². The van der Waals surface area contributed by atoms with Gasteiger partial charge in [0.15, 0.2) is 5.13 Å². The van der Waals surface area contributed by atoms with Gasteiger partial charge in [-0.1, -0.05) is 18.2 Å². The standard InChI is InChI=1S/C15H15N3O2S/c1-8-9(2)21-15(16-8)18-14(20)12-7-10-5-3-4-6-11(10)13(19)17-12/h3-6,12H,7H2,1-2H3,(H,17,19)(H,16,18,20). The number of amides is 2. The van der Waals surface area contributed by atoms with Gasteiger partial charge in [0.2, 0.25) is 5.91 Å². The molecule has 1 aromatic heterocycles. The lowest BCUT2D eigenvalue weighted by Crippen LogP contribution is -2.48. The molecule has 0 bridgehead atoms. The SMILES string of the molecule is Cc1nc(NC(=O)C2Cc3ccccc3C(=O)N2)sc1C. The van der Waals surface area contributed by atoms with Crippen LogP contribution in [-0.2, 0) is 11.2 Å². The van der Waals surface area contributed by atoms with Crippen LogP contribution in [0, 0.1) is 13.8 Å². The second-order valence-corrected chi connectivity index (χ2v) is 6.24. The lowest BCUT2D eigenvalue weighted by atomic mass is 9.95. The summed E-state index contributed by atoms with van der Waals surface area (Å²) in [5.74, 6) is -0.435. The predicted octanol–water partition coefficient (Wildman–Crippen LogP) is 2.05. The summed E-state index contributed by atoms with van der Waals surface area (Å²) in [6.45, 7) is 3.86. The van der Waals surface area contributed by atoms with Crippen molar-refractivity contribution >= 4 is 28.3 Å². The van der Waals surface area contributed by atoms with E-state index < -0.39 is 6.04 Å². The molecule has 1 unspecified atom stereocenters. The third-order valence-electron chi connectivity index (χ3n) is 3.57. The summed E-state index contributed by atoms with van der Waals surface area (Å²) >= 11 is 1.44. The van der Waals surface area contributed by atoms with Gasteiger partial charge in [-0.15, -0.1) is 11.3 Å². The van der Waals surface area contributed by atoms with Gasteiger partial charge in [-0.2, -0.15) is 0 Å². The first-order chi connectivity index (χ1) is 10.0. The Kier molecular flexibility index (Phi) is 3.47. The van der Waals surface area contributed by atoms with Crippen molar-refractivity contribution in [2.45, 2.75) is 26.3 Å². The Morgan fingerprint density at radius 1 is 1.38 bits per heavy atom. The van der Waals surface area contributed by atoms with Gasteiger partial charge in [0, 0.05) is 16.9 Å². The third kappa shape index (κ3) is 2.67. The number of aryl methyl sites for hydroxylation is 2. The fourth-order valence-electron chi connectivity index (χ4n) is 2.30. The maximum Gasteiger partial charge on any atom is 0.252 e. The molecule has 2 aromatic rings. The lowest BCUT2D eigenvalue weighted by molar-refractivity contribution is -0.118. The van der Waals surface area contributed by atoms with Crippen molar-refractivity contribution in [1.29, 1.82) is 0 Å². The molecular formula is C15H15N3O2S. The zero-order chi connectivity index (χ0) is 15.0. The molecule has 6 heteroatoms. The van der Waals surface area contributed by atoms with Gasteiger partial charge in [0.1, 0.15) is 6.04 Å². The van der Waals surface area contributed by atoms with E-state index in [9.17, 15) is 9.59 Å². The molecule has 0 fully saturated rings. The molecule has 0 saturated heterocycles. The van der Waals surface area contributed by atoms with Crippen LogP contribution in [0.1, 0.15) is 26.5 Å². The average Bonchev–Trinajstić information content (AvgIpc) is 2.77. The Labute approximate surface area is 126 Å². The summed E-state index contributed by atoms with van der Waals surface area (Å²) in [5, 5.41) is 6.09. The zero-order valence-electron chi connectivity index (χ0n) is 11.8. The molecule has 3 rings (SSSR count). The summed E-state index contributed by atoms with van der Waals surface area (Å²) in [6, 6.07) is 6.79. The molecule has 108 valence electrons. The van der Waals surface area contributed by atoms with E-state index in [1.165, 1.54) is 11.3 Å². The predicted molar refractivity (Wildman–Crippen MR) is 81.6 cm³/mol. The monoisotopic (exact) mass is 301 g/mol. The van der Waals surface area contributed by atoms with Crippen molar-refractivity contribution in [1.82, 2.24) is 10.3 Å². The van der Waals surface area contributed by atoms with Crippen molar-refractivity contribution < 1.29 is 9.59 Å². The van der Waals surface area contributed by atoms with Crippen LogP contribution in [0.4, 0.5) is 5.13 Å². The number of nitrogens with one attached hydrogen (secondary N) is 2. The molecule has 1 aliphatic rings. The lowest BCUT2D eigenvalue weighted by Gasteiger charge is -2.24. The summed E-state index contributed by atoms with van der Waals surface area (Å²) in [5.41, 5.74) is 2.45. The molecule has 1 aromatic carbocycles. The topological polar surface area (TPSA) is 71.1 Å². The quantitative estimate of drug-likeness (QED) is 0.892. The van der Waals surface area contributed by atoms with Crippen LogP contribution in [0.15, 0.2) is 24.3 Å². The van der Waals surface area contributed by atoms with Gasteiger partial charge in [0.05, 0.1) is 5.69 Å². The molecule has 0 aliphatic carbocycles. The van der Waals surface area contributed by atoms with E-state index in [2.05, 4.69) is 15.6 Å². The molecule has 21 heavy (non-hydrogen) atoms. The number of rotatable bonds is 2. The van der Waals surface area contributed by atoms with Crippen LogP contribution in [0.2, 0.25) is 0 Å². The molecule has 1 aliphatic heterocycles. The normalized spacial score (nSPS) is 17.0. The Hall–Kier alpha value is -2.21. The van der Waals surface area contributed by atoms with E-state index in [-0.39, 0.29) is 11.8 Å². The van der Waals surface area contributed by atoms with Crippen LogP contribution in [-0.4, -0.2) is 22.8 Å². The molecule has 2 heterocycles. The Bertz CT molecular complexity index is 704. The number of thiazole rings is 1. The first-order valence-corrected chi connectivity index (χ1v) is 7.50. The molecule has 1 atom stereocenters. The highest BCUT2D eigenvalue weighted by Gasteiger charge is 2.29. The summed E-state index contributed by atoms with van der Waals surface area (Å²) in [7, 11) is 0. The second kappa shape index (κ2) is 5.29. The summed E-state index contributed by atoms with van der Waals surface area (Å²) < 4.78 is 0. The summed E-state index contributed by atoms with van der Waals surface area (Å²) in [6.07, 6.45) is 0.497. The summed E-state index contributed by atoms with van der Waals surface area (Å²) in [4.78, 5) is 29.6. The number of fused-ring (bicyclic) bond motifs is 1. The maximum absolute atomic E-state index is 12.3. The van der Waals surface area contributed by atoms with Crippen LogP contribution < -0.4 is 10.6 Å².